The molecule has 7 nitrogen and oxygen atoms in total. The van der Waals surface area contributed by atoms with Crippen LogP contribution in [-0.2, 0) is 6.42 Å². The first-order valence-corrected chi connectivity index (χ1v) is 9.50. The molecule has 0 saturated heterocycles. The van der Waals surface area contributed by atoms with Gasteiger partial charge in [0.25, 0.3) is 5.91 Å². The number of aryl methyl sites for hydroxylation is 1. The average molecular weight is 385 g/mol. The summed E-state index contributed by atoms with van der Waals surface area (Å²) in [7, 11) is 0. The van der Waals surface area contributed by atoms with Crippen LogP contribution in [0.1, 0.15) is 38.8 Å². The Balaban J connectivity index is 1.51. The summed E-state index contributed by atoms with van der Waals surface area (Å²) in [5.41, 5.74) is 5.60. The molecule has 2 aliphatic heterocycles. The van der Waals surface area contributed by atoms with Gasteiger partial charge in [0.2, 0.25) is 0 Å². The van der Waals surface area contributed by atoms with Crippen molar-refractivity contribution in [2.75, 3.05) is 16.8 Å². The Morgan fingerprint density at radius 2 is 2.07 bits per heavy atom. The Morgan fingerprint density at radius 1 is 1.21 bits per heavy atom. The largest absolute Gasteiger partial charge is 0.340 e. The van der Waals surface area contributed by atoms with Crippen LogP contribution in [-0.4, -0.2) is 28.5 Å². The Labute approximate surface area is 167 Å². The van der Waals surface area contributed by atoms with Gasteiger partial charge >= 0.3 is 6.03 Å². The molecule has 0 saturated carbocycles. The highest BCUT2D eigenvalue weighted by molar-refractivity contribution is 6.06. The molecule has 0 radical (unpaired) electrons. The third-order valence-electron chi connectivity index (χ3n) is 5.54. The minimum Gasteiger partial charge on any atom is -0.340 e. The van der Waals surface area contributed by atoms with Crippen LogP contribution in [0.25, 0.3) is 0 Å². The monoisotopic (exact) mass is 385 g/mol. The number of hydrogen-bond acceptors (Lipinski definition) is 4. The Kier molecular flexibility index (Phi) is 4.01. The number of fused-ring (bicyclic) bond motifs is 2. The highest BCUT2D eigenvalue weighted by atomic mass is 16.2. The number of hydrogen-bond donors (Lipinski definition) is 2. The number of pyridine rings is 2. The first kappa shape index (κ1) is 17.4. The summed E-state index contributed by atoms with van der Waals surface area (Å²) in [6.07, 6.45) is 5.79. The van der Waals surface area contributed by atoms with Crippen molar-refractivity contribution in [3.63, 3.8) is 0 Å². The molecular weight excluding hydrogens is 366 g/mol. The van der Waals surface area contributed by atoms with Crippen molar-refractivity contribution in [1.29, 1.82) is 0 Å². The van der Waals surface area contributed by atoms with E-state index in [0.717, 1.165) is 28.8 Å². The third kappa shape index (κ3) is 2.82. The molecule has 4 heterocycles. The van der Waals surface area contributed by atoms with E-state index in [1.807, 2.05) is 37.3 Å². The summed E-state index contributed by atoms with van der Waals surface area (Å²) in [6.45, 7) is 2.60. The first-order chi connectivity index (χ1) is 14.1. The molecule has 29 heavy (non-hydrogen) atoms. The molecule has 5 rings (SSSR count). The summed E-state index contributed by atoms with van der Waals surface area (Å²) in [5.74, 6) is -0.236. The van der Waals surface area contributed by atoms with Crippen molar-refractivity contribution in [1.82, 2.24) is 15.3 Å². The molecule has 144 valence electrons. The Bertz CT molecular complexity index is 1140. The normalized spacial score (nSPS) is 16.9. The van der Waals surface area contributed by atoms with Crippen LogP contribution in [0.5, 0.6) is 0 Å². The van der Waals surface area contributed by atoms with Crippen molar-refractivity contribution in [3.8, 4) is 0 Å². The van der Waals surface area contributed by atoms with Gasteiger partial charge in [-0.2, -0.15) is 0 Å². The lowest BCUT2D eigenvalue weighted by Crippen LogP contribution is -2.34. The van der Waals surface area contributed by atoms with Crippen LogP contribution in [0.15, 0.2) is 55.0 Å². The zero-order valence-electron chi connectivity index (χ0n) is 15.8. The lowest BCUT2D eigenvalue weighted by molar-refractivity contribution is 0.0956. The van der Waals surface area contributed by atoms with Gasteiger partial charge in [-0.3, -0.25) is 19.7 Å². The number of carbonyl (C=O) groups excluding carboxylic acids is 2. The summed E-state index contributed by atoms with van der Waals surface area (Å²) in [4.78, 5) is 35.6. The first-order valence-electron chi connectivity index (χ1n) is 9.50. The number of benzene rings is 1. The molecule has 2 aliphatic rings. The van der Waals surface area contributed by atoms with E-state index in [9.17, 15) is 9.59 Å². The molecule has 0 bridgehead atoms. The molecular formula is C22H19N5O2. The fourth-order valence-corrected chi connectivity index (χ4v) is 4.09. The summed E-state index contributed by atoms with van der Waals surface area (Å²) in [5, 5.41) is 5.99. The second-order valence-electron chi connectivity index (χ2n) is 7.22. The maximum absolute atomic E-state index is 13.0. The smallest absolute Gasteiger partial charge is 0.326 e. The number of anilines is 2. The molecule has 3 aromatic rings. The van der Waals surface area contributed by atoms with Gasteiger partial charge in [-0.1, -0.05) is 24.3 Å². The SMILES string of the molecule is Cc1ccccc1C1NC(=O)c2nccc(NC(=O)N3CCc4ccncc43)c21. The van der Waals surface area contributed by atoms with E-state index >= 15 is 0 Å². The minimum absolute atomic E-state index is 0.236. The Morgan fingerprint density at radius 3 is 2.93 bits per heavy atom. The lowest BCUT2D eigenvalue weighted by atomic mass is 9.95. The van der Waals surface area contributed by atoms with Crippen LogP contribution in [0.3, 0.4) is 0 Å². The number of nitrogens with one attached hydrogen (secondary N) is 2. The fraction of sp³-hybridized carbons (Fsp3) is 0.182. The van der Waals surface area contributed by atoms with Crippen LogP contribution >= 0.6 is 0 Å². The second-order valence-corrected chi connectivity index (χ2v) is 7.22. The van der Waals surface area contributed by atoms with E-state index in [-0.39, 0.29) is 18.0 Å². The number of rotatable bonds is 2. The van der Waals surface area contributed by atoms with Gasteiger partial charge in [0.15, 0.2) is 0 Å². The van der Waals surface area contributed by atoms with Gasteiger partial charge in [0.05, 0.1) is 23.6 Å². The van der Waals surface area contributed by atoms with Crippen LogP contribution < -0.4 is 15.5 Å². The number of amides is 3. The van der Waals surface area contributed by atoms with E-state index in [1.165, 1.54) is 0 Å². The molecule has 2 N–H and O–H groups in total. The molecule has 3 amide bonds. The predicted octanol–water partition coefficient (Wildman–Crippen LogP) is 3.21. The van der Waals surface area contributed by atoms with E-state index in [2.05, 4.69) is 20.6 Å². The maximum atomic E-state index is 13.0. The van der Waals surface area contributed by atoms with Gasteiger partial charge in [-0.15, -0.1) is 0 Å². The summed E-state index contributed by atoms with van der Waals surface area (Å²) < 4.78 is 0. The minimum atomic E-state index is -0.352. The van der Waals surface area contributed by atoms with Gasteiger partial charge in [0.1, 0.15) is 5.69 Å². The second kappa shape index (κ2) is 6.70. The molecule has 7 heteroatoms. The Hall–Kier alpha value is -3.74. The zero-order chi connectivity index (χ0) is 20.0. The van der Waals surface area contributed by atoms with Crippen molar-refractivity contribution in [2.45, 2.75) is 19.4 Å². The molecule has 1 atom stereocenters. The summed E-state index contributed by atoms with van der Waals surface area (Å²) in [6, 6.07) is 11.0. The van der Waals surface area contributed by atoms with Crippen molar-refractivity contribution in [3.05, 3.63) is 82.9 Å². The fourth-order valence-electron chi connectivity index (χ4n) is 4.09. The van der Waals surface area contributed by atoms with Crippen LogP contribution in [0.4, 0.5) is 16.2 Å². The highest BCUT2D eigenvalue weighted by Crippen LogP contribution is 2.37. The topological polar surface area (TPSA) is 87.2 Å². The maximum Gasteiger partial charge on any atom is 0.326 e. The van der Waals surface area contributed by atoms with Crippen molar-refractivity contribution in [2.24, 2.45) is 0 Å². The van der Waals surface area contributed by atoms with Crippen molar-refractivity contribution >= 4 is 23.3 Å². The van der Waals surface area contributed by atoms with E-state index in [4.69, 9.17) is 0 Å². The number of aromatic nitrogens is 2. The van der Waals surface area contributed by atoms with E-state index in [1.54, 1.807) is 29.6 Å². The zero-order valence-corrected chi connectivity index (χ0v) is 15.8. The molecule has 0 aliphatic carbocycles. The molecule has 0 spiro atoms. The van der Waals surface area contributed by atoms with E-state index < -0.39 is 0 Å². The predicted molar refractivity (Wildman–Crippen MR) is 109 cm³/mol. The lowest BCUT2D eigenvalue weighted by Gasteiger charge is -2.21. The number of carbonyl (C=O) groups is 2. The number of urea groups is 1. The molecule has 2 aromatic heterocycles. The standard InChI is InChI=1S/C22H19N5O2/c1-13-4-2-3-5-15(13)19-18-16(7-10-24-20(18)21(28)26-19)25-22(29)27-11-8-14-6-9-23-12-17(14)27/h2-7,9-10,12,19H,8,11H2,1H3,(H,26,28)(H,24,25,29). The highest BCUT2D eigenvalue weighted by Gasteiger charge is 2.35. The van der Waals surface area contributed by atoms with Gasteiger partial charge < -0.3 is 10.6 Å². The molecule has 0 fully saturated rings. The van der Waals surface area contributed by atoms with Gasteiger partial charge in [-0.25, -0.2) is 4.79 Å². The summed E-state index contributed by atoms with van der Waals surface area (Å²) >= 11 is 0. The van der Waals surface area contributed by atoms with Gasteiger partial charge in [0, 0.05) is 24.5 Å². The quantitative estimate of drug-likeness (QED) is 0.709. The third-order valence-corrected chi connectivity index (χ3v) is 5.54. The number of nitrogens with zero attached hydrogens (tertiary/aromatic N) is 3. The van der Waals surface area contributed by atoms with Crippen LogP contribution in [0, 0.1) is 6.92 Å². The van der Waals surface area contributed by atoms with Crippen molar-refractivity contribution < 1.29 is 9.59 Å². The average Bonchev–Trinajstić information content (AvgIpc) is 3.31. The molecule has 1 aromatic carbocycles. The molecule has 1 unspecified atom stereocenters. The van der Waals surface area contributed by atoms with Crippen LogP contribution in [0.2, 0.25) is 0 Å². The van der Waals surface area contributed by atoms with E-state index in [0.29, 0.717) is 23.5 Å². The van der Waals surface area contributed by atoms with Gasteiger partial charge in [-0.05, 0) is 42.2 Å².